The summed E-state index contributed by atoms with van der Waals surface area (Å²) in [6.45, 7) is 19.3. The van der Waals surface area contributed by atoms with Gasteiger partial charge in [-0.15, -0.1) is 0 Å². The van der Waals surface area contributed by atoms with Gasteiger partial charge in [0, 0.05) is 0 Å². The van der Waals surface area contributed by atoms with Gasteiger partial charge in [-0.05, 0) is 91.5 Å². The van der Waals surface area contributed by atoms with E-state index in [1.54, 1.807) is 26.0 Å². The average molecular weight is 727 g/mol. The van der Waals surface area contributed by atoms with Gasteiger partial charge in [-0.2, -0.15) is 0 Å². The molecule has 1 heterocycles. The summed E-state index contributed by atoms with van der Waals surface area (Å²) in [7, 11) is 0. The zero-order valence-electron chi connectivity index (χ0n) is 33.2. The van der Waals surface area contributed by atoms with Crippen LogP contribution in [0.1, 0.15) is 70.7 Å². The van der Waals surface area contributed by atoms with E-state index in [0.717, 1.165) is 22.3 Å². The first-order valence-corrected chi connectivity index (χ1v) is 18.1. The van der Waals surface area contributed by atoms with Gasteiger partial charge in [0.15, 0.2) is 6.29 Å². The lowest BCUT2D eigenvalue weighted by Gasteiger charge is -2.43. The van der Waals surface area contributed by atoms with Crippen molar-refractivity contribution < 1.29 is 35.0 Å². The second-order valence-electron chi connectivity index (χ2n) is 14.3. The van der Waals surface area contributed by atoms with E-state index >= 15 is 0 Å². The number of aryl methyl sites for hydroxylation is 2. The van der Waals surface area contributed by atoms with Crippen LogP contribution in [-0.4, -0.2) is 74.6 Å². The molecule has 0 spiro atoms. The van der Waals surface area contributed by atoms with E-state index in [2.05, 4.69) is 102 Å². The van der Waals surface area contributed by atoms with Crippen LogP contribution in [0.15, 0.2) is 137 Å². The van der Waals surface area contributed by atoms with Crippen LogP contribution < -0.4 is 0 Å². The molecule has 0 aromatic heterocycles. The van der Waals surface area contributed by atoms with Crippen LogP contribution in [0.2, 0.25) is 0 Å². The van der Waals surface area contributed by atoms with Crippen molar-refractivity contribution in [3.05, 3.63) is 159 Å². The Labute approximate surface area is 318 Å². The third kappa shape index (κ3) is 15.5. The molecule has 1 aromatic rings. The van der Waals surface area contributed by atoms with Crippen molar-refractivity contribution in [3.63, 3.8) is 0 Å². The Morgan fingerprint density at radius 1 is 0.679 bits per heavy atom. The molecule has 0 saturated carbocycles. The van der Waals surface area contributed by atoms with Gasteiger partial charge >= 0.3 is 0 Å². The number of ether oxygens (including phenoxy) is 2. The molecule has 53 heavy (non-hydrogen) atoms. The summed E-state index contributed by atoms with van der Waals surface area (Å²) in [6, 6.07) is 4.35. The molecule has 288 valence electrons. The molecule has 2 rings (SSSR count). The Kier molecular flexibility index (Phi) is 19.1. The molecule has 7 nitrogen and oxygen atoms in total. The molecule has 5 N–H and O–H groups in total. The van der Waals surface area contributed by atoms with E-state index in [0.29, 0.717) is 0 Å². The second kappa shape index (κ2) is 22.3. The average Bonchev–Trinajstić information content (AvgIpc) is 3.10. The fraction of sp³-hybridized carbons (Fsp3) is 0.391. The lowest BCUT2D eigenvalue weighted by molar-refractivity contribution is -0.329. The molecule has 1 aliphatic heterocycles. The zero-order valence-corrected chi connectivity index (χ0v) is 33.2. The third-order valence-electron chi connectivity index (χ3n) is 9.02. The van der Waals surface area contributed by atoms with Crippen LogP contribution in [0, 0.1) is 20.8 Å². The highest BCUT2D eigenvalue weighted by Crippen LogP contribution is 2.28. The minimum absolute atomic E-state index is 0.561. The van der Waals surface area contributed by atoms with Gasteiger partial charge in [0.2, 0.25) is 0 Å². The van der Waals surface area contributed by atoms with Gasteiger partial charge in [0.1, 0.15) is 30.5 Å². The fourth-order valence-electron chi connectivity index (χ4n) is 5.20. The van der Waals surface area contributed by atoms with Crippen LogP contribution in [0.4, 0.5) is 0 Å². The number of hydrogen-bond acceptors (Lipinski definition) is 7. The van der Waals surface area contributed by atoms with Gasteiger partial charge in [0.25, 0.3) is 0 Å². The predicted molar refractivity (Wildman–Crippen MR) is 219 cm³/mol. The fourth-order valence-corrected chi connectivity index (χ4v) is 5.20. The Hall–Kier alpha value is -3.92. The molecular weight excluding hydrogens is 664 g/mol. The Balaban J connectivity index is 1.86. The summed E-state index contributed by atoms with van der Waals surface area (Å²) in [5.74, 6) is 0. The molecule has 0 amide bonds. The van der Waals surface area contributed by atoms with Crippen LogP contribution in [0.25, 0.3) is 6.08 Å². The smallest absolute Gasteiger partial charge is 0.187 e. The summed E-state index contributed by atoms with van der Waals surface area (Å²) in [5, 5.41) is 50.4. The van der Waals surface area contributed by atoms with Gasteiger partial charge < -0.3 is 35.0 Å². The number of benzene rings is 1. The van der Waals surface area contributed by atoms with E-state index in [-0.39, 0.29) is 0 Å². The minimum Gasteiger partial charge on any atom is -0.394 e. The number of aliphatic hydroxyl groups is 5. The summed E-state index contributed by atoms with van der Waals surface area (Å²) in [4.78, 5) is 0. The summed E-state index contributed by atoms with van der Waals surface area (Å²) >= 11 is 0. The third-order valence-corrected chi connectivity index (χ3v) is 9.02. The highest BCUT2D eigenvalue weighted by atomic mass is 16.7. The van der Waals surface area contributed by atoms with E-state index < -0.39 is 49.0 Å². The highest BCUT2D eigenvalue weighted by Gasteiger charge is 2.46. The van der Waals surface area contributed by atoms with Gasteiger partial charge in [0.05, 0.1) is 12.2 Å². The molecule has 0 radical (unpaired) electrons. The monoisotopic (exact) mass is 726 g/mol. The first-order valence-electron chi connectivity index (χ1n) is 18.1. The first-order chi connectivity index (χ1) is 25.0. The normalized spacial score (nSPS) is 24.1. The topological polar surface area (TPSA) is 120 Å². The van der Waals surface area contributed by atoms with Crippen LogP contribution in [0.3, 0.4) is 0 Å². The van der Waals surface area contributed by atoms with Crippen molar-refractivity contribution in [2.75, 3.05) is 6.61 Å². The van der Waals surface area contributed by atoms with E-state index in [1.807, 2.05) is 56.4 Å². The predicted octanol–water partition coefficient (Wildman–Crippen LogP) is 8.09. The quantitative estimate of drug-likeness (QED) is 0.109. The molecule has 1 saturated heterocycles. The van der Waals surface area contributed by atoms with Crippen molar-refractivity contribution in [3.8, 4) is 0 Å². The molecule has 1 fully saturated rings. The van der Waals surface area contributed by atoms with E-state index in [9.17, 15) is 25.5 Å². The van der Waals surface area contributed by atoms with Crippen molar-refractivity contribution in [1.82, 2.24) is 0 Å². The number of aliphatic hydroxyl groups excluding tert-OH is 5. The van der Waals surface area contributed by atoms with Crippen LogP contribution in [0.5, 0.6) is 0 Å². The SMILES string of the molecule is CC(C=CC=C(C)C=CC=C(C)C=CC(O)C(C)(C)OC1OC(CO)C(O)C(O)C1O)=CC=CC=C(C)C=CC=C(C)C=Cc1c(C)ccc(C)c1C. The van der Waals surface area contributed by atoms with Gasteiger partial charge in [-0.3, -0.25) is 0 Å². The lowest BCUT2D eigenvalue weighted by atomic mass is 9.97. The zero-order chi connectivity index (χ0) is 39.7. The summed E-state index contributed by atoms with van der Waals surface area (Å²) < 4.78 is 11.2. The number of allylic oxidation sites excluding steroid dienone is 20. The van der Waals surface area contributed by atoms with Gasteiger partial charge in [-0.1, -0.05) is 143 Å². The van der Waals surface area contributed by atoms with Crippen molar-refractivity contribution in [2.45, 2.75) is 112 Å². The summed E-state index contributed by atoms with van der Waals surface area (Å²) in [5.41, 5.74) is 9.44. The molecule has 6 atom stereocenters. The van der Waals surface area contributed by atoms with Crippen molar-refractivity contribution in [1.29, 1.82) is 0 Å². The Bertz CT molecular complexity index is 1690. The molecule has 1 aromatic carbocycles. The standard InChI is InChI=1S/C46H62O7/c1-31(16-11-12-17-32(2)19-14-22-34(4)24-28-39-37(7)27-26-36(6)38(39)8)18-13-20-33(3)21-15-23-35(5)25-29-41(48)46(9,10)53-45-44(51)43(50)42(49)40(30-47)52-45/h11-29,40-45,47-51H,30H2,1-10H3. The maximum atomic E-state index is 10.8. The maximum absolute atomic E-state index is 10.8. The van der Waals surface area contributed by atoms with Crippen LogP contribution >= 0.6 is 0 Å². The van der Waals surface area contributed by atoms with Gasteiger partial charge in [-0.25, -0.2) is 0 Å². The second-order valence-corrected chi connectivity index (χ2v) is 14.3. The lowest BCUT2D eigenvalue weighted by Crippen LogP contribution is -2.61. The molecular formula is C46H62O7. The molecule has 1 aliphatic rings. The summed E-state index contributed by atoms with van der Waals surface area (Å²) in [6.07, 6.45) is 26.0. The number of rotatable bonds is 16. The largest absolute Gasteiger partial charge is 0.394 e. The molecule has 0 bridgehead atoms. The Morgan fingerprint density at radius 2 is 1.13 bits per heavy atom. The van der Waals surface area contributed by atoms with Crippen molar-refractivity contribution in [2.24, 2.45) is 0 Å². The maximum Gasteiger partial charge on any atom is 0.187 e. The van der Waals surface area contributed by atoms with E-state index in [4.69, 9.17) is 9.47 Å². The molecule has 7 heteroatoms. The Morgan fingerprint density at radius 3 is 1.64 bits per heavy atom. The van der Waals surface area contributed by atoms with Crippen molar-refractivity contribution >= 4 is 6.08 Å². The minimum atomic E-state index is -1.56. The van der Waals surface area contributed by atoms with Crippen LogP contribution in [-0.2, 0) is 9.47 Å². The molecule has 0 aliphatic carbocycles. The van der Waals surface area contributed by atoms with E-state index in [1.165, 1.54) is 27.8 Å². The molecule has 6 unspecified atom stereocenters. The highest BCUT2D eigenvalue weighted by molar-refractivity contribution is 5.61. The number of hydrogen-bond donors (Lipinski definition) is 5. The first kappa shape index (κ1) is 45.2.